The van der Waals surface area contributed by atoms with E-state index in [9.17, 15) is 19.3 Å². The lowest BCUT2D eigenvalue weighted by atomic mass is 10.2. The Morgan fingerprint density at radius 1 is 1.62 bits per heavy atom. The number of rotatable bonds is 4. The number of nitrogens with zero attached hydrogens (tertiary/aromatic N) is 1. The van der Waals surface area contributed by atoms with Gasteiger partial charge in [0.2, 0.25) is 0 Å². The minimum atomic E-state index is -2.49. The molecular formula is C9H8FNO5. The van der Waals surface area contributed by atoms with Gasteiger partial charge in [0.05, 0.1) is 4.92 Å². The van der Waals surface area contributed by atoms with Gasteiger partial charge < -0.3 is 9.84 Å². The van der Waals surface area contributed by atoms with E-state index < -0.39 is 17.3 Å². The van der Waals surface area contributed by atoms with Crippen molar-refractivity contribution in [2.24, 2.45) is 0 Å². The fourth-order valence-corrected chi connectivity index (χ4v) is 1.04. The molecule has 16 heavy (non-hydrogen) atoms. The van der Waals surface area contributed by atoms with Crippen LogP contribution in [0.4, 0.5) is 10.1 Å². The largest absolute Gasteiger partial charge is 0.476 e. The summed E-state index contributed by atoms with van der Waals surface area (Å²) in [4.78, 5) is 20.0. The normalized spacial score (nSPS) is 11.9. The number of carboxylic acids is 1. The lowest BCUT2D eigenvalue weighted by molar-refractivity contribution is -0.384. The summed E-state index contributed by atoms with van der Waals surface area (Å²) in [5.74, 6) is -1.79. The van der Waals surface area contributed by atoms with Crippen LogP contribution >= 0.6 is 0 Å². The van der Waals surface area contributed by atoms with Gasteiger partial charge in [0.1, 0.15) is 5.75 Å². The number of alkyl halides is 1. The quantitative estimate of drug-likeness (QED) is 0.626. The van der Waals surface area contributed by atoms with Crippen LogP contribution in [0.25, 0.3) is 0 Å². The molecule has 0 aliphatic carbocycles. The molecule has 0 heterocycles. The van der Waals surface area contributed by atoms with Gasteiger partial charge in [-0.3, -0.25) is 10.1 Å². The maximum atomic E-state index is 12.7. The molecule has 1 aromatic carbocycles. The van der Waals surface area contributed by atoms with Crippen molar-refractivity contribution in [3.63, 3.8) is 0 Å². The molecule has 0 radical (unpaired) electrons. The third-order valence-corrected chi connectivity index (χ3v) is 1.79. The molecule has 0 saturated heterocycles. The maximum Gasteiger partial charge on any atom is 0.378 e. The van der Waals surface area contributed by atoms with Gasteiger partial charge in [0.25, 0.3) is 5.69 Å². The lowest BCUT2D eigenvalue weighted by Gasteiger charge is -2.09. The predicted octanol–water partition coefficient (Wildman–Crippen LogP) is 1.66. The Morgan fingerprint density at radius 2 is 2.25 bits per heavy atom. The molecule has 0 aliphatic rings. The van der Waals surface area contributed by atoms with Crippen molar-refractivity contribution in [2.75, 3.05) is 0 Å². The Bertz CT molecular complexity index is 434. The first-order valence-electron chi connectivity index (χ1n) is 4.20. The molecule has 0 amide bonds. The van der Waals surface area contributed by atoms with Crippen LogP contribution in [0.3, 0.4) is 0 Å². The first-order valence-corrected chi connectivity index (χ1v) is 4.20. The van der Waals surface area contributed by atoms with Gasteiger partial charge in [-0.1, -0.05) is 0 Å². The summed E-state index contributed by atoms with van der Waals surface area (Å²) in [7, 11) is 0. The van der Waals surface area contributed by atoms with Gasteiger partial charge in [-0.05, 0) is 18.6 Å². The highest BCUT2D eigenvalue weighted by Crippen LogP contribution is 2.24. The Balaban J connectivity index is 2.91. The number of benzene rings is 1. The summed E-state index contributed by atoms with van der Waals surface area (Å²) in [5.41, 5.74) is 0.119. The molecule has 1 rings (SSSR count). The number of nitro groups is 1. The first kappa shape index (κ1) is 11.9. The van der Waals surface area contributed by atoms with Crippen molar-refractivity contribution in [1.82, 2.24) is 0 Å². The number of non-ortho nitro benzene ring substituents is 1. The van der Waals surface area contributed by atoms with Crippen molar-refractivity contribution in [2.45, 2.75) is 13.3 Å². The van der Waals surface area contributed by atoms with Crippen LogP contribution in [0.5, 0.6) is 5.75 Å². The first-order chi connectivity index (χ1) is 7.41. The third kappa shape index (κ3) is 2.66. The molecular weight excluding hydrogens is 221 g/mol. The summed E-state index contributed by atoms with van der Waals surface area (Å²) < 4.78 is 17.1. The number of aliphatic carboxylic acids is 1. The molecule has 1 atom stereocenters. The van der Waals surface area contributed by atoms with Crippen LogP contribution < -0.4 is 4.74 Å². The number of nitro benzene ring substituents is 1. The second-order valence-corrected chi connectivity index (χ2v) is 2.98. The van der Waals surface area contributed by atoms with Crippen molar-refractivity contribution in [1.29, 1.82) is 0 Å². The molecule has 7 heteroatoms. The Kier molecular flexibility index (Phi) is 3.39. The number of hydrogen-bond acceptors (Lipinski definition) is 4. The molecule has 1 aromatic rings. The summed E-state index contributed by atoms with van der Waals surface area (Å²) in [6.07, 6.45) is -2.49. The topological polar surface area (TPSA) is 89.7 Å². The molecule has 1 unspecified atom stereocenters. The summed E-state index contributed by atoms with van der Waals surface area (Å²) in [5, 5.41) is 18.7. The van der Waals surface area contributed by atoms with E-state index in [-0.39, 0.29) is 17.0 Å². The Morgan fingerprint density at radius 3 is 2.69 bits per heavy atom. The number of carbonyl (C=O) groups is 1. The van der Waals surface area contributed by atoms with Gasteiger partial charge in [0.15, 0.2) is 0 Å². The van der Waals surface area contributed by atoms with E-state index >= 15 is 0 Å². The highest BCUT2D eigenvalue weighted by atomic mass is 19.1. The van der Waals surface area contributed by atoms with Gasteiger partial charge in [-0.25, -0.2) is 4.79 Å². The minimum absolute atomic E-state index is 0.0412. The smallest absolute Gasteiger partial charge is 0.378 e. The SMILES string of the molecule is Cc1cc([N+](=O)[O-])ccc1OC(F)C(=O)O. The fraction of sp³-hybridized carbons (Fsp3) is 0.222. The highest BCUT2D eigenvalue weighted by Gasteiger charge is 2.19. The van der Waals surface area contributed by atoms with Crippen LogP contribution in [-0.2, 0) is 4.79 Å². The Labute approximate surface area is 89.4 Å². The van der Waals surface area contributed by atoms with Crippen molar-refractivity contribution in [3.05, 3.63) is 33.9 Å². The van der Waals surface area contributed by atoms with E-state index in [1.54, 1.807) is 0 Å². The number of ether oxygens (including phenoxy) is 1. The molecule has 0 aliphatic heterocycles. The second-order valence-electron chi connectivity index (χ2n) is 2.98. The van der Waals surface area contributed by atoms with Crippen LogP contribution in [-0.4, -0.2) is 22.4 Å². The third-order valence-electron chi connectivity index (χ3n) is 1.79. The second kappa shape index (κ2) is 4.56. The zero-order valence-electron chi connectivity index (χ0n) is 8.21. The molecule has 0 aromatic heterocycles. The Hall–Kier alpha value is -2.18. The van der Waals surface area contributed by atoms with Crippen molar-refractivity contribution < 1.29 is 24.0 Å². The number of halogens is 1. The van der Waals surface area contributed by atoms with Gasteiger partial charge in [-0.15, -0.1) is 0 Å². The molecule has 6 nitrogen and oxygen atoms in total. The average Bonchev–Trinajstić information content (AvgIpc) is 2.20. The van der Waals surface area contributed by atoms with E-state index in [4.69, 9.17) is 5.11 Å². The summed E-state index contributed by atoms with van der Waals surface area (Å²) >= 11 is 0. The number of hydrogen-bond donors (Lipinski definition) is 1. The summed E-state index contributed by atoms with van der Waals surface area (Å²) in [6.45, 7) is 1.46. The van der Waals surface area contributed by atoms with E-state index in [1.165, 1.54) is 13.0 Å². The maximum absolute atomic E-state index is 12.7. The van der Waals surface area contributed by atoms with Crippen molar-refractivity contribution >= 4 is 11.7 Å². The zero-order valence-corrected chi connectivity index (χ0v) is 8.21. The van der Waals surface area contributed by atoms with Gasteiger partial charge in [0, 0.05) is 12.1 Å². The van der Waals surface area contributed by atoms with Gasteiger partial charge >= 0.3 is 12.3 Å². The zero-order chi connectivity index (χ0) is 12.3. The van der Waals surface area contributed by atoms with Crippen LogP contribution in [0.15, 0.2) is 18.2 Å². The van der Waals surface area contributed by atoms with Crippen molar-refractivity contribution in [3.8, 4) is 5.75 Å². The predicted molar refractivity (Wildman–Crippen MR) is 51.0 cm³/mol. The fourth-order valence-electron chi connectivity index (χ4n) is 1.04. The molecule has 86 valence electrons. The van der Waals surface area contributed by atoms with Gasteiger partial charge in [-0.2, -0.15) is 4.39 Å². The van der Waals surface area contributed by atoms with Crippen LogP contribution in [0, 0.1) is 17.0 Å². The highest BCUT2D eigenvalue weighted by molar-refractivity contribution is 5.71. The monoisotopic (exact) mass is 229 g/mol. The molecule has 0 fully saturated rings. The van der Waals surface area contributed by atoms with Crippen LogP contribution in [0.1, 0.15) is 5.56 Å². The van der Waals surface area contributed by atoms with E-state index in [0.717, 1.165) is 12.1 Å². The lowest BCUT2D eigenvalue weighted by Crippen LogP contribution is -2.21. The van der Waals surface area contributed by atoms with Crippen LogP contribution in [0.2, 0.25) is 0 Å². The molecule has 1 N–H and O–H groups in total. The standard InChI is InChI=1S/C9H8FNO5/c1-5-4-6(11(14)15)2-3-7(5)16-8(10)9(12)13/h2-4,8H,1H3,(H,12,13). The number of aryl methyl sites for hydroxylation is 1. The minimum Gasteiger partial charge on any atom is -0.476 e. The van der Waals surface area contributed by atoms with E-state index in [1.807, 2.05) is 0 Å². The molecule has 0 bridgehead atoms. The average molecular weight is 229 g/mol. The van der Waals surface area contributed by atoms with E-state index in [0.29, 0.717) is 0 Å². The number of carboxylic acid groups (broad SMARTS) is 1. The summed E-state index contributed by atoms with van der Waals surface area (Å²) in [6, 6.07) is 3.43. The molecule has 0 spiro atoms. The van der Waals surface area contributed by atoms with E-state index in [2.05, 4.69) is 4.74 Å². The molecule has 0 saturated carbocycles.